The molecule has 5 rings (SSSR count). The van der Waals surface area contributed by atoms with Crippen LogP contribution in [0.1, 0.15) is 36.8 Å². The number of hydrogen-bond donors (Lipinski definition) is 2. The van der Waals surface area contributed by atoms with E-state index in [1.807, 2.05) is 6.07 Å². The molecule has 0 unspecified atom stereocenters. The van der Waals surface area contributed by atoms with E-state index >= 15 is 4.39 Å². The number of carbonyl (C=O) groups is 1. The summed E-state index contributed by atoms with van der Waals surface area (Å²) in [5.41, 5.74) is 2.97. The fraction of sp³-hybridized carbons (Fsp3) is 0.360. The van der Waals surface area contributed by atoms with Gasteiger partial charge >= 0.3 is 0 Å². The second-order valence-electron chi connectivity index (χ2n) is 8.81. The number of rotatable bonds is 5. The number of benzene rings is 1. The van der Waals surface area contributed by atoms with Crippen LogP contribution < -0.4 is 10.2 Å². The molecule has 34 heavy (non-hydrogen) atoms. The number of nitrogens with zero attached hydrogens (tertiary/aromatic N) is 4. The first-order valence-electron chi connectivity index (χ1n) is 11.5. The molecule has 1 aromatic carbocycles. The molecule has 0 radical (unpaired) electrons. The molecule has 2 aliphatic rings. The molecular weight excluding hydrogens is 457 g/mol. The maximum absolute atomic E-state index is 15.3. The highest BCUT2D eigenvalue weighted by atomic mass is 35.5. The zero-order valence-electron chi connectivity index (χ0n) is 18.5. The standard InChI is InChI=1S/C25H25ClFN5O2/c26-24-16(2-1-9-28-24)14-22(34)32-11-8-15-12-17(13-20(27)23(15)32)21-7-10-29-25(31-21)30-18-3-5-19(33)6-4-18/h1-2,7,9-10,12-13,18-19,33H,3-6,8,11,14H2,(H,29,30,31). The molecule has 176 valence electrons. The number of aliphatic hydroxyl groups excluding tert-OH is 1. The van der Waals surface area contributed by atoms with Gasteiger partial charge in [-0.3, -0.25) is 4.79 Å². The molecule has 0 atom stereocenters. The van der Waals surface area contributed by atoms with Gasteiger partial charge in [0.2, 0.25) is 11.9 Å². The summed E-state index contributed by atoms with van der Waals surface area (Å²) in [5, 5.41) is 13.3. The van der Waals surface area contributed by atoms with Crippen molar-refractivity contribution < 1.29 is 14.3 Å². The number of pyridine rings is 1. The van der Waals surface area contributed by atoms with E-state index in [1.54, 1.807) is 30.6 Å². The van der Waals surface area contributed by atoms with Gasteiger partial charge in [-0.05, 0) is 67.5 Å². The van der Waals surface area contributed by atoms with E-state index in [1.165, 1.54) is 11.0 Å². The zero-order chi connectivity index (χ0) is 23.7. The Labute approximate surface area is 202 Å². The quantitative estimate of drug-likeness (QED) is 0.531. The Morgan fingerprint density at radius 1 is 1.18 bits per heavy atom. The molecule has 0 bridgehead atoms. The lowest BCUT2D eigenvalue weighted by molar-refractivity contribution is -0.117. The van der Waals surface area contributed by atoms with Crippen LogP contribution in [0.3, 0.4) is 0 Å². The van der Waals surface area contributed by atoms with Gasteiger partial charge in [0, 0.05) is 30.5 Å². The first-order chi connectivity index (χ1) is 16.5. The molecule has 1 aliphatic heterocycles. The van der Waals surface area contributed by atoms with Gasteiger partial charge in [-0.1, -0.05) is 17.7 Å². The first-order valence-corrected chi connectivity index (χ1v) is 11.9. The van der Waals surface area contributed by atoms with Crippen molar-refractivity contribution >= 4 is 29.1 Å². The van der Waals surface area contributed by atoms with Crippen molar-refractivity contribution in [3.8, 4) is 11.3 Å². The van der Waals surface area contributed by atoms with Crippen LogP contribution in [0, 0.1) is 5.82 Å². The number of hydrogen-bond acceptors (Lipinski definition) is 6. The minimum atomic E-state index is -0.454. The molecule has 2 aromatic heterocycles. The third-order valence-electron chi connectivity index (χ3n) is 6.48. The van der Waals surface area contributed by atoms with Crippen LogP contribution in [0.15, 0.2) is 42.7 Å². The number of anilines is 2. The molecular formula is C25H25ClFN5O2. The predicted molar refractivity (Wildman–Crippen MR) is 128 cm³/mol. The van der Waals surface area contributed by atoms with Crippen LogP contribution >= 0.6 is 11.6 Å². The topological polar surface area (TPSA) is 91.2 Å². The summed E-state index contributed by atoms with van der Waals surface area (Å²) in [6, 6.07) is 8.75. The fourth-order valence-electron chi connectivity index (χ4n) is 4.69. The Balaban J connectivity index is 1.35. The van der Waals surface area contributed by atoms with Crippen molar-refractivity contribution in [2.75, 3.05) is 16.8 Å². The molecule has 9 heteroatoms. The maximum atomic E-state index is 15.3. The van der Waals surface area contributed by atoms with Crippen molar-refractivity contribution in [3.05, 3.63) is 64.8 Å². The van der Waals surface area contributed by atoms with E-state index in [0.29, 0.717) is 41.4 Å². The lowest BCUT2D eigenvalue weighted by Crippen LogP contribution is -2.31. The molecule has 1 saturated carbocycles. The van der Waals surface area contributed by atoms with Crippen molar-refractivity contribution in [2.24, 2.45) is 0 Å². The van der Waals surface area contributed by atoms with Gasteiger partial charge in [-0.25, -0.2) is 19.3 Å². The number of carbonyl (C=O) groups excluding carboxylic acids is 1. The molecule has 0 spiro atoms. The van der Waals surface area contributed by atoms with Gasteiger partial charge in [0.05, 0.1) is 23.9 Å². The number of aliphatic hydroxyl groups is 1. The van der Waals surface area contributed by atoms with E-state index in [-0.39, 0.29) is 29.6 Å². The lowest BCUT2D eigenvalue weighted by atomic mass is 9.93. The van der Waals surface area contributed by atoms with Crippen molar-refractivity contribution in [2.45, 2.75) is 50.7 Å². The lowest BCUT2D eigenvalue weighted by Gasteiger charge is -2.26. The highest BCUT2D eigenvalue weighted by Gasteiger charge is 2.29. The number of fused-ring (bicyclic) bond motifs is 1. The fourth-order valence-corrected chi connectivity index (χ4v) is 4.88. The summed E-state index contributed by atoms with van der Waals surface area (Å²) in [6.45, 7) is 0.413. The summed E-state index contributed by atoms with van der Waals surface area (Å²) in [4.78, 5) is 27.3. The summed E-state index contributed by atoms with van der Waals surface area (Å²) >= 11 is 6.09. The third kappa shape index (κ3) is 4.74. The highest BCUT2D eigenvalue weighted by Crippen LogP contribution is 2.35. The number of halogens is 2. The van der Waals surface area contributed by atoms with Gasteiger partial charge in [-0.15, -0.1) is 0 Å². The van der Waals surface area contributed by atoms with Crippen molar-refractivity contribution in [1.29, 1.82) is 0 Å². The summed E-state index contributed by atoms with van der Waals surface area (Å²) < 4.78 is 15.3. The second kappa shape index (κ2) is 9.64. The number of nitrogens with one attached hydrogen (secondary N) is 1. The van der Waals surface area contributed by atoms with Crippen LogP contribution in [0.2, 0.25) is 5.15 Å². The van der Waals surface area contributed by atoms with E-state index in [0.717, 1.165) is 31.2 Å². The molecule has 7 nitrogen and oxygen atoms in total. The van der Waals surface area contributed by atoms with Crippen molar-refractivity contribution in [1.82, 2.24) is 15.0 Å². The largest absolute Gasteiger partial charge is 0.393 e. The molecule has 0 saturated heterocycles. The minimum Gasteiger partial charge on any atom is -0.393 e. The van der Waals surface area contributed by atoms with Gasteiger partial charge in [-0.2, -0.15) is 0 Å². The van der Waals surface area contributed by atoms with E-state index < -0.39 is 5.82 Å². The molecule has 1 amide bonds. The molecule has 1 aliphatic carbocycles. The second-order valence-corrected chi connectivity index (χ2v) is 9.16. The SMILES string of the molecule is O=C(Cc1cccnc1Cl)N1CCc2cc(-c3ccnc(NC4CCC(O)CC4)n3)cc(F)c21. The van der Waals surface area contributed by atoms with Crippen LogP contribution in [-0.2, 0) is 17.6 Å². The minimum absolute atomic E-state index is 0.0619. The van der Waals surface area contributed by atoms with Gasteiger partial charge < -0.3 is 15.3 Å². The van der Waals surface area contributed by atoms with E-state index in [4.69, 9.17) is 11.6 Å². The zero-order valence-corrected chi connectivity index (χ0v) is 19.3. The van der Waals surface area contributed by atoms with Gasteiger partial charge in [0.15, 0.2) is 0 Å². The molecule has 1 fully saturated rings. The Morgan fingerprint density at radius 2 is 2.00 bits per heavy atom. The van der Waals surface area contributed by atoms with Crippen LogP contribution in [0.4, 0.5) is 16.0 Å². The molecule has 2 N–H and O–H groups in total. The predicted octanol–water partition coefficient (Wildman–Crippen LogP) is 4.18. The van der Waals surface area contributed by atoms with Gasteiger partial charge in [0.1, 0.15) is 11.0 Å². The first kappa shape index (κ1) is 22.7. The average molecular weight is 482 g/mol. The Hall–Kier alpha value is -3.10. The van der Waals surface area contributed by atoms with Crippen molar-refractivity contribution in [3.63, 3.8) is 0 Å². The van der Waals surface area contributed by atoms with Gasteiger partial charge in [0.25, 0.3) is 0 Å². The summed E-state index contributed by atoms with van der Waals surface area (Å²) in [5.74, 6) is -0.179. The maximum Gasteiger partial charge on any atom is 0.231 e. The van der Waals surface area contributed by atoms with E-state index in [9.17, 15) is 9.90 Å². The Kier molecular flexibility index (Phi) is 6.43. The number of amides is 1. The smallest absolute Gasteiger partial charge is 0.231 e. The monoisotopic (exact) mass is 481 g/mol. The van der Waals surface area contributed by atoms with E-state index in [2.05, 4.69) is 20.3 Å². The average Bonchev–Trinajstić information content (AvgIpc) is 3.27. The van der Waals surface area contributed by atoms with Crippen LogP contribution in [0.25, 0.3) is 11.3 Å². The highest BCUT2D eigenvalue weighted by molar-refractivity contribution is 6.30. The van der Waals surface area contributed by atoms with Crippen LogP contribution in [-0.4, -0.2) is 44.7 Å². The summed E-state index contributed by atoms with van der Waals surface area (Å²) in [6.07, 6.45) is 6.85. The molecule has 3 heterocycles. The normalized spacial score (nSPS) is 19.7. The summed E-state index contributed by atoms with van der Waals surface area (Å²) in [7, 11) is 0. The van der Waals surface area contributed by atoms with Crippen LogP contribution in [0.5, 0.6) is 0 Å². The Morgan fingerprint density at radius 3 is 2.79 bits per heavy atom. The Bertz CT molecular complexity index is 1220. The number of aromatic nitrogens is 3. The third-order valence-corrected chi connectivity index (χ3v) is 6.82. The molecule has 3 aromatic rings.